The summed E-state index contributed by atoms with van der Waals surface area (Å²) < 4.78 is 24.2. The Balaban J connectivity index is 2.23. The van der Waals surface area contributed by atoms with Gasteiger partial charge in [0.05, 0.1) is 31.9 Å². The molecule has 1 aliphatic heterocycles. The maximum Gasteiger partial charge on any atom is 0.257 e. The minimum atomic E-state index is -0.550. The number of methoxy groups -OCH3 is 1. The molecule has 1 aromatic carbocycles. The van der Waals surface area contributed by atoms with Gasteiger partial charge >= 0.3 is 0 Å². The second-order valence-corrected chi connectivity index (χ2v) is 4.48. The summed E-state index contributed by atoms with van der Waals surface area (Å²) in [6, 6.07) is 4.31. The van der Waals surface area contributed by atoms with Crippen LogP contribution in [0, 0.1) is 5.82 Å². The second kappa shape index (κ2) is 6.02. The van der Waals surface area contributed by atoms with Crippen LogP contribution in [0.15, 0.2) is 18.2 Å². The van der Waals surface area contributed by atoms with Gasteiger partial charge in [0.2, 0.25) is 0 Å². The molecule has 4 nitrogen and oxygen atoms in total. The first-order valence-corrected chi connectivity index (χ1v) is 6.39. The van der Waals surface area contributed by atoms with Gasteiger partial charge in [-0.2, -0.15) is 0 Å². The summed E-state index contributed by atoms with van der Waals surface area (Å²) in [5, 5.41) is 0. The van der Waals surface area contributed by atoms with Crippen molar-refractivity contribution in [1.29, 1.82) is 0 Å². The van der Waals surface area contributed by atoms with Crippen molar-refractivity contribution in [2.24, 2.45) is 0 Å². The summed E-state index contributed by atoms with van der Waals surface area (Å²) in [6.45, 7) is 3.51. The molecular weight excluding hydrogens is 249 g/mol. The van der Waals surface area contributed by atoms with Crippen LogP contribution in [0.1, 0.15) is 23.7 Å². The molecule has 1 amide bonds. The Bertz CT molecular complexity index is 464. The van der Waals surface area contributed by atoms with Crippen LogP contribution in [-0.4, -0.2) is 43.7 Å². The fourth-order valence-electron chi connectivity index (χ4n) is 2.21. The Morgan fingerprint density at radius 3 is 3.00 bits per heavy atom. The highest BCUT2D eigenvalue weighted by atomic mass is 19.1. The Morgan fingerprint density at radius 1 is 1.58 bits per heavy atom. The van der Waals surface area contributed by atoms with Crippen LogP contribution in [0.5, 0.6) is 5.75 Å². The van der Waals surface area contributed by atoms with Gasteiger partial charge < -0.3 is 14.4 Å². The third-order valence-electron chi connectivity index (χ3n) is 3.37. The molecule has 104 valence electrons. The Labute approximate surface area is 112 Å². The smallest absolute Gasteiger partial charge is 0.257 e. The lowest BCUT2D eigenvalue weighted by atomic mass is 10.1. The van der Waals surface area contributed by atoms with Crippen LogP contribution in [-0.2, 0) is 4.74 Å². The lowest BCUT2D eigenvalue weighted by Crippen LogP contribution is -2.48. The molecule has 1 atom stereocenters. The van der Waals surface area contributed by atoms with Crippen LogP contribution in [0.3, 0.4) is 0 Å². The fourth-order valence-corrected chi connectivity index (χ4v) is 2.21. The molecule has 2 rings (SSSR count). The van der Waals surface area contributed by atoms with E-state index in [-0.39, 0.29) is 17.5 Å². The van der Waals surface area contributed by atoms with Crippen molar-refractivity contribution in [2.45, 2.75) is 19.4 Å². The average Bonchev–Trinajstić information content (AvgIpc) is 2.46. The number of ether oxygens (including phenoxy) is 2. The highest BCUT2D eigenvalue weighted by Gasteiger charge is 2.28. The standard InChI is InChI=1S/C14H18FNO3/c1-3-10-9-19-7-6-16(10)14(17)12-5-4-11(18-2)8-13(12)15/h4-5,8,10H,3,6-7,9H2,1-2H3. The van der Waals surface area contributed by atoms with Crippen molar-refractivity contribution < 1.29 is 18.7 Å². The maximum absolute atomic E-state index is 13.9. The van der Waals surface area contributed by atoms with Gasteiger partial charge in [-0.25, -0.2) is 4.39 Å². The fraction of sp³-hybridized carbons (Fsp3) is 0.500. The third kappa shape index (κ3) is 2.87. The molecule has 1 aliphatic rings. The van der Waals surface area contributed by atoms with Crippen LogP contribution < -0.4 is 4.74 Å². The molecule has 0 bridgehead atoms. The summed E-state index contributed by atoms with van der Waals surface area (Å²) >= 11 is 0. The zero-order valence-electron chi connectivity index (χ0n) is 11.2. The van der Waals surface area contributed by atoms with E-state index in [0.717, 1.165) is 6.42 Å². The SMILES string of the molecule is CCC1COCCN1C(=O)c1ccc(OC)cc1F. The number of amides is 1. The van der Waals surface area contributed by atoms with Gasteiger partial charge in [-0.1, -0.05) is 6.92 Å². The van der Waals surface area contributed by atoms with E-state index in [1.54, 1.807) is 11.0 Å². The van der Waals surface area contributed by atoms with Gasteiger partial charge in [-0.15, -0.1) is 0 Å². The Morgan fingerprint density at radius 2 is 2.37 bits per heavy atom. The average molecular weight is 267 g/mol. The normalized spacial score (nSPS) is 19.3. The molecule has 5 heteroatoms. The van der Waals surface area contributed by atoms with Crippen molar-refractivity contribution >= 4 is 5.91 Å². The molecule has 0 radical (unpaired) electrons. The molecule has 0 aromatic heterocycles. The summed E-state index contributed by atoms with van der Waals surface area (Å²) in [4.78, 5) is 14.1. The number of hydrogen-bond donors (Lipinski definition) is 0. The molecule has 1 aromatic rings. The Hall–Kier alpha value is -1.62. The molecule has 0 spiro atoms. The molecular formula is C14H18FNO3. The van der Waals surface area contributed by atoms with Crippen LogP contribution in [0.4, 0.5) is 4.39 Å². The molecule has 19 heavy (non-hydrogen) atoms. The second-order valence-electron chi connectivity index (χ2n) is 4.48. The number of nitrogens with zero attached hydrogens (tertiary/aromatic N) is 1. The molecule has 0 saturated carbocycles. The Kier molecular flexibility index (Phi) is 4.37. The van der Waals surface area contributed by atoms with Crippen molar-refractivity contribution in [2.75, 3.05) is 26.9 Å². The molecule has 0 N–H and O–H groups in total. The summed E-state index contributed by atoms with van der Waals surface area (Å²) in [7, 11) is 1.46. The molecule has 1 saturated heterocycles. The predicted octanol–water partition coefficient (Wildman–Crippen LogP) is 2.09. The minimum absolute atomic E-state index is 0.0164. The van der Waals surface area contributed by atoms with E-state index in [0.29, 0.717) is 25.5 Å². The van der Waals surface area contributed by atoms with Crippen molar-refractivity contribution in [3.63, 3.8) is 0 Å². The molecule has 0 aliphatic carbocycles. The minimum Gasteiger partial charge on any atom is -0.497 e. The monoisotopic (exact) mass is 267 g/mol. The largest absolute Gasteiger partial charge is 0.497 e. The quantitative estimate of drug-likeness (QED) is 0.841. The molecule has 1 fully saturated rings. The third-order valence-corrected chi connectivity index (χ3v) is 3.37. The number of rotatable bonds is 3. The highest BCUT2D eigenvalue weighted by Crippen LogP contribution is 2.20. The van der Waals surface area contributed by atoms with E-state index in [1.807, 2.05) is 6.92 Å². The molecule has 1 heterocycles. The maximum atomic E-state index is 13.9. The summed E-state index contributed by atoms with van der Waals surface area (Å²) in [5.74, 6) is -0.427. The zero-order chi connectivity index (χ0) is 13.8. The number of benzene rings is 1. The van der Waals surface area contributed by atoms with Crippen molar-refractivity contribution in [3.05, 3.63) is 29.6 Å². The highest BCUT2D eigenvalue weighted by molar-refractivity contribution is 5.95. The van der Waals surface area contributed by atoms with Crippen LogP contribution >= 0.6 is 0 Å². The first-order valence-electron chi connectivity index (χ1n) is 6.39. The van der Waals surface area contributed by atoms with Crippen LogP contribution in [0.2, 0.25) is 0 Å². The number of carbonyl (C=O) groups is 1. The topological polar surface area (TPSA) is 38.8 Å². The number of morpholine rings is 1. The number of halogens is 1. The van der Waals surface area contributed by atoms with E-state index in [9.17, 15) is 9.18 Å². The first-order chi connectivity index (χ1) is 9.17. The van der Waals surface area contributed by atoms with Gasteiger partial charge in [0, 0.05) is 12.6 Å². The lowest BCUT2D eigenvalue weighted by molar-refractivity contribution is -0.00303. The lowest BCUT2D eigenvalue weighted by Gasteiger charge is -2.35. The van der Waals surface area contributed by atoms with E-state index < -0.39 is 5.82 Å². The number of hydrogen-bond acceptors (Lipinski definition) is 3. The van der Waals surface area contributed by atoms with E-state index >= 15 is 0 Å². The number of carbonyl (C=O) groups excluding carboxylic acids is 1. The summed E-state index contributed by atoms with van der Waals surface area (Å²) in [6.07, 6.45) is 0.795. The van der Waals surface area contributed by atoms with Crippen molar-refractivity contribution in [3.8, 4) is 5.75 Å². The van der Waals surface area contributed by atoms with Gasteiger partial charge in [-0.3, -0.25) is 4.79 Å². The van der Waals surface area contributed by atoms with Crippen molar-refractivity contribution in [1.82, 2.24) is 4.90 Å². The van der Waals surface area contributed by atoms with E-state index in [2.05, 4.69) is 0 Å². The first kappa shape index (κ1) is 13.8. The zero-order valence-corrected chi connectivity index (χ0v) is 11.2. The van der Waals surface area contributed by atoms with Gasteiger partial charge in [0.1, 0.15) is 11.6 Å². The van der Waals surface area contributed by atoms with E-state index in [1.165, 1.54) is 19.2 Å². The summed E-state index contributed by atoms with van der Waals surface area (Å²) in [5.41, 5.74) is 0.0844. The predicted molar refractivity (Wildman–Crippen MR) is 68.9 cm³/mol. The van der Waals surface area contributed by atoms with Crippen LogP contribution in [0.25, 0.3) is 0 Å². The van der Waals surface area contributed by atoms with Gasteiger partial charge in [-0.05, 0) is 18.6 Å². The van der Waals surface area contributed by atoms with E-state index in [4.69, 9.17) is 9.47 Å². The van der Waals surface area contributed by atoms with Gasteiger partial charge in [0.25, 0.3) is 5.91 Å². The molecule has 1 unspecified atom stereocenters. The van der Waals surface area contributed by atoms with Gasteiger partial charge in [0.15, 0.2) is 0 Å².